The predicted molar refractivity (Wildman–Crippen MR) is 66.7 cm³/mol. The molecule has 1 aliphatic heterocycles. The minimum Gasteiger partial charge on any atom is -0.385 e. The van der Waals surface area contributed by atoms with Crippen molar-refractivity contribution < 1.29 is 4.74 Å². The Labute approximate surface area is 99.3 Å². The van der Waals surface area contributed by atoms with Crippen molar-refractivity contribution in [2.24, 2.45) is 5.41 Å². The fourth-order valence-corrected chi connectivity index (χ4v) is 2.59. The third-order valence-corrected chi connectivity index (χ3v) is 4.14. The van der Waals surface area contributed by atoms with Gasteiger partial charge in [0.25, 0.3) is 0 Å². The van der Waals surface area contributed by atoms with Crippen molar-refractivity contribution in [1.82, 2.24) is 10.6 Å². The van der Waals surface area contributed by atoms with Gasteiger partial charge in [-0.15, -0.1) is 0 Å². The second kappa shape index (κ2) is 5.99. The second-order valence-electron chi connectivity index (χ2n) is 5.50. The van der Waals surface area contributed by atoms with Crippen LogP contribution < -0.4 is 10.6 Å². The van der Waals surface area contributed by atoms with Crippen LogP contribution in [0.4, 0.5) is 0 Å². The van der Waals surface area contributed by atoms with Gasteiger partial charge >= 0.3 is 0 Å². The molecule has 0 aromatic rings. The number of rotatable bonds is 6. The molecule has 2 aliphatic rings. The zero-order valence-corrected chi connectivity index (χ0v) is 10.6. The van der Waals surface area contributed by atoms with Crippen molar-refractivity contribution >= 4 is 0 Å². The highest BCUT2D eigenvalue weighted by Crippen LogP contribution is 2.48. The lowest BCUT2D eigenvalue weighted by molar-refractivity contribution is 0.170. The molecule has 1 saturated heterocycles. The Kier molecular flexibility index (Phi) is 4.62. The monoisotopic (exact) mass is 226 g/mol. The smallest absolute Gasteiger partial charge is 0.0468 e. The minimum atomic E-state index is 0.593. The molecule has 0 bridgehead atoms. The maximum atomic E-state index is 5.19. The van der Waals surface area contributed by atoms with Gasteiger partial charge in [-0.1, -0.05) is 0 Å². The van der Waals surface area contributed by atoms with Crippen LogP contribution in [0.5, 0.6) is 0 Å². The highest BCUT2D eigenvalue weighted by atomic mass is 16.5. The SMILES string of the molecule is COCCC1(CNC2CCCNCC2)CC1. The molecule has 1 unspecified atom stereocenters. The molecule has 2 fully saturated rings. The second-order valence-corrected chi connectivity index (χ2v) is 5.50. The van der Waals surface area contributed by atoms with Crippen molar-refractivity contribution in [1.29, 1.82) is 0 Å². The van der Waals surface area contributed by atoms with Gasteiger partial charge in [-0.25, -0.2) is 0 Å². The molecule has 0 radical (unpaired) electrons. The lowest BCUT2D eigenvalue weighted by Crippen LogP contribution is -2.35. The van der Waals surface area contributed by atoms with E-state index in [1.54, 1.807) is 7.11 Å². The molecule has 1 heterocycles. The molecule has 0 aromatic carbocycles. The van der Waals surface area contributed by atoms with Crippen LogP contribution in [0.15, 0.2) is 0 Å². The highest BCUT2D eigenvalue weighted by molar-refractivity contribution is 4.95. The van der Waals surface area contributed by atoms with E-state index in [0.717, 1.165) is 12.6 Å². The number of methoxy groups -OCH3 is 1. The molecule has 0 aromatic heterocycles. The van der Waals surface area contributed by atoms with Crippen LogP contribution in [0.3, 0.4) is 0 Å². The first-order valence-corrected chi connectivity index (χ1v) is 6.78. The first-order chi connectivity index (χ1) is 7.85. The summed E-state index contributed by atoms with van der Waals surface area (Å²) in [7, 11) is 1.81. The van der Waals surface area contributed by atoms with E-state index in [2.05, 4.69) is 10.6 Å². The maximum absolute atomic E-state index is 5.19. The van der Waals surface area contributed by atoms with E-state index in [9.17, 15) is 0 Å². The van der Waals surface area contributed by atoms with Gasteiger partial charge in [-0.2, -0.15) is 0 Å². The molecule has 0 amide bonds. The van der Waals surface area contributed by atoms with Crippen molar-refractivity contribution in [2.45, 2.75) is 44.6 Å². The molecule has 2 rings (SSSR count). The number of hydrogen-bond donors (Lipinski definition) is 2. The highest BCUT2D eigenvalue weighted by Gasteiger charge is 2.41. The van der Waals surface area contributed by atoms with Crippen LogP contribution in [0.25, 0.3) is 0 Å². The standard InChI is InChI=1S/C13H26N2O/c1-16-10-7-13(5-6-13)11-15-12-3-2-8-14-9-4-12/h12,14-15H,2-11H2,1H3. The molecule has 1 aliphatic carbocycles. The molecule has 16 heavy (non-hydrogen) atoms. The molecule has 1 atom stereocenters. The van der Waals surface area contributed by atoms with Gasteiger partial charge in [0.15, 0.2) is 0 Å². The van der Waals surface area contributed by atoms with Crippen molar-refractivity contribution in [3.8, 4) is 0 Å². The molecule has 3 heteroatoms. The van der Waals surface area contributed by atoms with Gasteiger partial charge in [0.1, 0.15) is 0 Å². The lowest BCUT2D eigenvalue weighted by Gasteiger charge is -2.21. The fourth-order valence-electron chi connectivity index (χ4n) is 2.59. The molecular formula is C13H26N2O. The van der Waals surface area contributed by atoms with E-state index in [1.807, 2.05) is 0 Å². The Balaban J connectivity index is 1.65. The Morgan fingerprint density at radius 1 is 1.31 bits per heavy atom. The Hall–Kier alpha value is -0.120. The van der Waals surface area contributed by atoms with Gasteiger partial charge in [-0.3, -0.25) is 0 Å². The average molecular weight is 226 g/mol. The normalized spacial score (nSPS) is 28.7. The van der Waals surface area contributed by atoms with E-state index < -0.39 is 0 Å². The average Bonchev–Trinajstić information content (AvgIpc) is 3.10. The third-order valence-electron chi connectivity index (χ3n) is 4.14. The first-order valence-electron chi connectivity index (χ1n) is 6.78. The summed E-state index contributed by atoms with van der Waals surface area (Å²) in [6.45, 7) is 4.52. The summed E-state index contributed by atoms with van der Waals surface area (Å²) in [5, 5.41) is 7.24. The van der Waals surface area contributed by atoms with Crippen LogP contribution in [0.1, 0.15) is 38.5 Å². The number of nitrogens with one attached hydrogen (secondary N) is 2. The Morgan fingerprint density at radius 2 is 2.19 bits per heavy atom. The Morgan fingerprint density at radius 3 is 2.94 bits per heavy atom. The van der Waals surface area contributed by atoms with Crippen LogP contribution in [-0.2, 0) is 4.74 Å². The van der Waals surface area contributed by atoms with Gasteiger partial charge in [0.2, 0.25) is 0 Å². The quantitative estimate of drug-likeness (QED) is 0.721. The molecular weight excluding hydrogens is 200 g/mol. The van der Waals surface area contributed by atoms with Crippen molar-refractivity contribution in [3.05, 3.63) is 0 Å². The number of ether oxygens (including phenoxy) is 1. The van der Waals surface area contributed by atoms with E-state index >= 15 is 0 Å². The summed E-state index contributed by atoms with van der Waals surface area (Å²) in [4.78, 5) is 0. The summed E-state index contributed by atoms with van der Waals surface area (Å²) in [5.41, 5.74) is 0.593. The van der Waals surface area contributed by atoms with Crippen LogP contribution in [0, 0.1) is 5.41 Å². The van der Waals surface area contributed by atoms with Crippen LogP contribution in [0.2, 0.25) is 0 Å². The van der Waals surface area contributed by atoms with Crippen molar-refractivity contribution in [2.75, 3.05) is 33.4 Å². The molecule has 94 valence electrons. The molecule has 1 saturated carbocycles. The van der Waals surface area contributed by atoms with Crippen LogP contribution in [-0.4, -0.2) is 39.4 Å². The lowest BCUT2D eigenvalue weighted by atomic mass is 10.0. The summed E-state index contributed by atoms with van der Waals surface area (Å²) in [6, 6.07) is 0.745. The Bertz CT molecular complexity index is 196. The van der Waals surface area contributed by atoms with Crippen LogP contribution >= 0.6 is 0 Å². The predicted octanol–water partition coefficient (Wildman–Crippen LogP) is 1.53. The van der Waals surface area contributed by atoms with Gasteiger partial charge < -0.3 is 15.4 Å². The maximum Gasteiger partial charge on any atom is 0.0468 e. The van der Waals surface area contributed by atoms with Crippen molar-refractivity contribution in [3.63, 3.8) is 0 Å². The summed E-state index contributed by atoms with van der Waals surface area (Å²) >= 11 is 0. The molecule has 2 N–H and O–H groups in total. The topological polar surface area (TPSA) is 33.3 Å². The minimum absolute atomic E-state index is 0.593. The molecule has 3 nitrogen and oxygen atoms in total. The molecule has 0 spiro atoms. The largest absolute Gasteiger partial charge is 0.385 e. The summed E-state index contributed by atoms with van der Waals surface area (Å²) < 4.78 is 5.19. The van der Waals surface area contributed by atoms with Gasteiger partial charge in [0, 0.05) is 26.3 Å². The zero-order valence-electron chi connectivity index (χ0n) is 10.6. The van der Waals surface area contributed by atoms with Gasteiger partial charge in [-0.05, 0) is 57.0 Å². The third kappa shape index (κ3) is 3.72. The number of hydrogen-bond acceptors (Lipinski definition) is 3. The van der Waals surface area contributed by atoms with E-state index in [1.165, 1.54) is 58.2 Å². The summed E-state index contributed by atoms with van der Waals surface area (Å²) in [6.07, 6.45) is 7.99. The van der Waals surface area contributed by atoms with Gasteiger partial charge in [0.05, 0.1) is 0 Å². The van der Waals surface area contributed by atoms with E-state index in [0.29, 0.717) is 5.41 Å². The first kappa shape index (κ1) is 12.3. The fraction of sp³-hybridized carbons (Fsp3) is 1.00. The zero-order chi connectivity index (χ0) is 11.3. The van der Waals surface area contributed by atoms with E-state index in [4.69, 9.17) is 4.74 Å². The van der Waals surface area contributed by atoms with E-state index in [-0.39, 0.29) is 0 Å². The summed E-state index contributed by atoms with van der Waals surface area (Å²) in [5.74, 6) is 0.